The van der Waals surface area contributed by atoms with Gasteiger partial charge in [-0.1, -0.05) is 18.2 Å². The van der Waals surface area contributed by atoms with Crippen LogP contribution in [0.4, 0.5) is 5.69 Å². The van der Waals surface area contributed by atoms with Crippen molar-refractivity contribution in [3.8, 4) is 0 Å². The molecule has 2 aliphatic heterocycles. The zero-order valence-corrected chi connectivity index (χ0v) is 11.2. The third kappa shape index (κ3) is 2.35. The maximum absolute atomic E-state index is 5.59. The number of thiocarbonyl (C=S) groups is 1. The monoisotopic (exact) mass is 262 g/mol. The summed E-state index contributed by atoms with van der Waals surface area (Å²) in [5.74, 6) is 0. The molecular weight excluding hydrogens is 244 g/mol. The van der Waals surface area contributed by atoms with Crippen LogP contribution < -0.4 is 10.2 Å². The van der Waals surface area contributed by atoms with Crippen LogP contribution in [0.25, 0.3) is 0 Å². The predicted molar refractivity (Wildman–Crippen MR) is 77.1 cm³/mol. The Bertz CT molecular complexity index is 443. The Morgan fingerprint density at radius 2 is 2.33 bits per heavy atom. The number of nitrogens with one attached hydrogen (secondary N) is 1. The molecule has 1 saturated heterocycles. The van der Waals surface area contributed by atoms with Gasteiger partial charge in [0.2, 0.25) is 0 Å². The number of fused-ring (bicyclic) bond motifs is 1. The van der Waals surface area contributed by atoms with E-state index in [1.165, 1.54) is 17.7 Å². The van der Waals surface area contributed by atoms with Crippen molar-refractivity contribution in [3.05, 3.63) is 29.8 Å². The predicted octanol–water partition coefficient (Wildman–Crippen LogP) is 2.10. The number of hydrogen-bond acceptors (Lipinski definition) is 2. The van der Waals surface area contributed by atoms with E-state index in [1.54, 1.807) is 0 Å². The molecule has 1 aromatic rings. The van der Waals surface area contributed by atoms with Crippen LogP contribution >= 0.6 is 12.2 Å². The zero-order valence-electron chi connectivity index (χ0n) is 10.4. The molecule has 0 aromatic heterocycles. The number of anilines is 1. The summed E-state index contributed by atoms with van der Waals surface area (Å²) in [6, 6.07) is 8.48. The lowest BCUT2D eigenvalue weighted by Crippen LogP contribution is -2.41. The molecule has 0 saturated carbocycles. The third-order valence-electron chi connectivity index (χ3n) is 3.64. The number of nitrogens with zero attached hydrogens (tertiary/aromatic N) is 1. The topological polar surface area (TPSA) is 24.5 Å². The summed E-state index contributed by atoms with van der Waals surface area (Å²) in [6.45, 7) is 2.71. The van der Waals surface area contributed by atoms with Crippen molar-refractivity contribution in [2.24, 2.45) is 0 Å². The van der Waals surface area contributed by atoms with E-state index >= 15 is 0 Å². The van der Waals surface area contributed by atoms with Crippen LogP contribution in [0.3, 0.4) is 0 Å². The van der Waals surface area contributed by atoms with Gasteiger partial charge < -0.3 is 15.0 Å². The highest BCUT2D eigenvalue weighted by atomic mass is 32.1. The average Bonchev–Trinajstić information content (AvgIpc) is 3.05. The van der Waals surface area contributed by atoms with Crippen molar-refractivity contribution >= 4 is 23.0 Å². The quantitative estimate of drug-likeness (QED) is 0.825. The fourth-order valence-electron chi connectivity index (χ4n) is 2.65. The molecule has 1 unspecified atom stereocenters. The first-order valence-electron chi connectivity index (χ1n) is 6.59. The number of rotatable bonds is 2. The van der Waals surface area contributed by atoms with E-state index < -0.39 is 0 Å². The second-order valence-electron chi connectivity index (χ2n) is 4.85. The van der Waals surface area contributed by atoms with Gasteiger partial charge in [0, 0.05) is 25.4 Å². The molecule has 2 heterocycles. The summed E-state index contributed by atoms with van der Waals surface area (Å²) < 4.78 is 5.59. The Labute approximate surface area is 113 Å². The molecule has 1 fully saturated rings. The fourth-order valence-corrected chi connectivity index (χ4v) is 2.92. The first-order valence-corrected chi connectivity index (χ1v) is 7.00. The Kier molecular flexibility index (Phi) is 3.48. The molecule has 1 N–H and O–H groups in total. The normalized spacial score (nSPS) is 22.0. The standard InChI is InChI=1S/C14H18N2OS/c18-14(15-10-12-5-3-9-17-12)16-8-7-11-4-1-2-6-13(11)16/h1-2,4,6,12H,3,5,7-10H2,(H,15,18). The van der Waals surface area contributed by atoms with Crippen molar-refractivity contribution in [2.75, 3.05) is 24.6 Å². The van der Waals surface area contributed by atoms with Crippen LogP contribution in [0, 0.1) is 0 Å². The van der Waals surface area contributed by atoms with Gasteiger partial charge in [-0.25, -0.2) is 0 Å². The molecule has 3 rings (SSSR count). The summed E-state index contributed by atoms with van der Waals surface area (Å²) in [4.78, 5) is 2.19. The lowest BCUT2D eigenvalue weighted by molar-refractivity contribution is 0.114. The molecule has 0 aliphatic carbocycles. The summed E-state index contributed by atoms with van der Waals surface area (Å²) in [5.41, 5.74) is 2.64. The summed E-state index contributed by atoms with van der Waals surface area (Å²) in [5, 5.41) is 4.17. The lowest BCUT2D eigenvalue weighted by atomic mass is 10.2. The summed E-state index contributed by atoms with van der Waals surface area (Å²) in [7, 11) is 0. The fraction of sp³-hybridized carbons (Fsp3) is 0.500. The van der Waals surface area contributed by atoms with Gasteiger partial charge in [-0.05, 0) is 43.1 Å². The van der Waals surface area contributed by atoms with Gasteiger partial charge in [-0.15, -0.1) is 0 Å². The molecule has 0 radical (unpaired) electrons. The van der Waals surface area contributed by atoms with Crippen molar-refractivity contribution in [1.29, 1.82) is 0 Å². The van der Waals surface area contributed by atoms with Crippen molar-refractivity contribution in [2.45, 2.75) is 25.4 Å². The lowest BCUT2D eigenvalue weighted by Gasteiger charge is -2.22. The van der Waals surface area contributed by atoms with E-state index in [0.717, 1.165) is 37.7 Å². The van der Waals surface area contributed by atoms with Gasteiger partial charge in [0.05, 0.1) is 6.10 Å². The summed E-state index contributed by atoms with van der Waals surface area (Å²) in [6.07, 6.45) is 3.73. The van der Waals surface area contributed by atoms with Crippen LogP contribution in [-0.4, -0.2) is 30.9 Å². The first-order chi connectivity index (χ1) is 8.84. The molecule has 0 spiro atoms. The number of ether oxygens (including phenoxy) is 1. The van der Waals surface area contributed by atoms with E-state index in [4.69, 9.17) is 17.0 Å². The Hall–Kier alpha value is -1.13. The maximum atomic E-state index is 5.59. The van der Waals surface area contributed by atoms with Crippen LogP contribution in [0.5, 0.6) is 0 Å². The van der Waals surface area contributed by atoms with Gasteiger partial charge in [0.15, 0.2) is 5.11 Å². The molecule has 1 atom stereocenters. The number of para-hydroxylation sites is 1. The molecule has 3 nitrogen and oxygen atoms in total. The van der Waals surface area contributed by atoms with Crippen molar-refractivity contribution < 1.29 is 4.74 Å². The largest absolute Gasteiger partial charge is 0.376 e. The molecule has 96 valence electrons. The number of hydrogen-bond donors (Lipinski definition) is 1. The highest BCUT2D eigenvalue weighted by molar-refractivity contribution is 7.80. The molecule has 4 heteroatoms. The number of benzene rings is 1. The van der Waals surface area contributed by atoms with Gasteiger partial charge in [-0.2, -0.15) is 0 Å². The second-order valence-corrected chi connectivity index (χ2v) is 5.24. The summed E-state index contributed by atoms with van der Waals surface area (Å²) >= 11 is 5.48. The SMILES string of the molecule is S=C(NCC1CCCO1)N1CCc2ccccc21. The van der Waals surface area contributed by atoms with E-state index in [1.807, 2.05) is 0 Å². The minimum atomic E-state index is 0.334. The van der Waals surface area contributed by atoms with Crippen LogP contribution in [0.1, 0.15) is 18.4 Å². The maximum Gasteiger partial charge on any atom is 0.173 e. The highest BCUT2D eigenvalue weighted by Gasteiger charge is 2.22. The Balaban J connectivity index is 1.60. The van der Waals surface area contributed by atoms with Gasteiger partial charge in [0.25, 0.3) is 0 Å². The Morgan fingerprint density at radius 3 is 3.17 bits per heavy atom. The Morgan fingerprint density at radius 1 is 1.44 bits per heavy atom. The van der Waals surface area contributed by atoms with E-state index in [-0.39, 0.29) is 0 Å². The van der Waals surface area contributed by atoms with E-state index in [2.05, 4.69) is 34.5 Å². The van der Waals surface area contributed by atoms with E-state index in [9.17, 15) is 0 Å². The molecule has 0 bridgehead atoms. The van der Waals surface area contributed by atoms with Crippen LogP contribution in [0.15, 0.2) is 24.3 Å². The highest BCUT2D eigenvalue weighted by Crippen LogP contribution is 2.27. The van der Waals surface area contributed by atoms with Gasteiger partial charge in [-0.3, -0.25) is 0 Å². The molecule has 1 aromatic carbocycles. The van der Waals surface area contributed by atoms with Crippen molar-refractivity contribution in [1.82, 2.24) is 5.32 Å². The molecule has 0 amide bonds. The van der Waals surface area contributed by atoms with Gasteiger partial charge in [0.1, 0.15) is 0 Å². The van der Waals surface area contributed by atoms with Crippen LogP contribution in [-0.2, 0) is 11.2 Å². The molecule has 18 heavy (non-hydrogen) atoms. The van der Waals surface area contributed by atoms with E-state index in [0.29, 0.717) is 6.10 Å². The molecular formula is C14H18N2OS. The minimum Gasteiger partial charge on any atom is -0.376 e. The third-order valence-corrected chi connectivity index (χ3v) is 4.00. The molecule has 2 aliphatic rings. The zero-order chi connectivity index (χ0) is 12.4. The average molecular weight is 262 g/mol. The first kappa shape index (κ1) is 11.9. The minimum absolute atomic E-state index is 0.334. The van der Waals surface area contributed by atoms with Crippen molar-refractivity contribution in [3.63, 3.8) is 0 Å². The van der Waals surface area contributed by atoms with Gasteiger partial charge >= 0.3 is 0 Å². The second kappa shape index (κ2) is 5.24. The smallest absolute Gasteiger partial charge is 0.173 e. The van der Waals surface area contributed by atoms with Crippen LogP contribution in [0.2, 0.25) is 0 Å².